The predicted molar refractivity (Wildman–Crippen MR) is 105 cm³/mol. The van der Waals surface area contributed by atoms with Crippen molar-refractivity contribution >= 4 is 17.5 Å². The Morgan fingerprint density at radius 1 is 1.11 bits per heavy atom. The molecule has 0 atom stereocenters. The van der Waals surface area contributed by atoms with Crippen LogP contribution in [0.15, 0.2) is 67.0 Å². The van der Waals surface area contributed by atoms with E-state index in [-0.39, 0.29) is 5.91 Å². The number of hydrogen-bond acceptors (Lipinski definition) is 3. The average Bonchev–Trinajstić information content (AvgIpc) is 2.70. The molecule has 0 saturated carbocycles. The van der Waals surface area contributed by atoms with E-state index in [2.05, 4.69) is 4.98 Å². The summed E-state index contributed by atoms with van der Waals surface area (Å²) < 4.78 is 5.88. The fourth-order valence-corrected chi connectivity index (χ4v) is 3.42. The first kappa shape index (κ1) is 17.6. The number of fused-ring (bicyclic) bond motifs is 1. The molecule has 0 radical (unpaired) electrons. The topological polar surface area (TPSA) is 42.4 Å². The van der Waals surface area contributed by atoms with E-state index in [1.165, 1.54) is 0 Å². The fourth-order valence-electron chi connectivity index (χ4n) is 3.23. The molecule has 1 amide bonds. The lowest BCUT2D eigenvalue weighted by molar-refractivity contribution is 0.0726. The van der Waals surface area contributed by atoms with Crippen molar-refractivity contribution in [3.05, 3.63) is 94.3 Å². The third kappa shape index (κ3) is 3.96. The maximum absolute atomic E-state index is 12.9. The van der Waals surface area contributed by atoms with Crippen molar-refractivity contribution in [1.82, 2.24) is 9.88 Å². The number of carbonyl (C=O) groups excluding carboxylic acids is 1. The number of aromatic nitrogens is 1. The van der Waals surface area contributed by atoms with E-state index >= 15 is 0 Å². The third-order valence-corrected chi connectivity index (χ3v) is 5.07. The maximum atomic E-state index is 12.9. The van der Waals surface area contributed by atoms with Gasteiger partial charge in [0.15, 0.2) is 0 Å². The molecule has 0 aliphatic carbocycles. The normalized spacial score (nSPS) is 13.4. The van der Waals surface area contributed by atoms with Gasteiger partial charge in [0, 0.05) is 41.6 Å². The number of carbonyl (C=O) groups is 1. The van der Waals surface area contributed by atoms with Gasteiger partial charge in [0.2, 0.25) is 0 Å². The van der Waals surface area contributed by atoms with E-state index < -0.39 is 0 Å². The van der Waals surface area contributed by atoms with Gasteiger partial charge in [-0.3, -0.25) is 9.78 Å². The van der Waals surface area contributed by atoms with Crippen LogP contribution < -0.4 is 4.74 Å². The largest absolute Gasteiger partial charge is 0.489 e. The van der Waals surface area contributed by atoms with Crippen molar-refractivity contribution in [2.45, 2.75) is 19.6 Å². The van der Waals surface area contributed by atoms with Gasteiger partial charge >= 0.3 is 0 Å². The lowest BCUT2D eigenvalue weighted by Crippen LogP contribution is -2.37. The summed E-state index contributed by atoms with van der Waals surface area (Å²) in [5.74, 6) is 0.702. The van der Waals surface area contributed by atoms with E-state index in [9.17, 15) is 4.79 Å². The van der Waals surface area contributed by atoms with Crippen LogP contribution in [0.1, 0.15) is 27.0 Å². The summed E-state index contributed by atoms with van der Waals surface area (Å²) in [5, 5.41) is 0.675. The van der Waals surface area contributed by atoms with Gasteiger partial charge in [0.1, 0.15) is 12.4 Å². The van der Waals surface area contributed by atoms with Gasteiger partial charge in [-0.15, -0.1) is 0 Å². The van der Waals surface area contributed by atoms with E-state index in [0.717, 1.165) is 23.1 Å². The molecule has 0 bridgehead atoms. The first-order chi connectivity index (χ1) is 13.2. The predicted octanol–water partition coefficient (Wildman–Crippen LogP) is 4.51. The first-order valence-electron chi connectivity index (χ1n) is 8.88. The number of halogens is 1. The lowest BCUT2D eigenvalue weighted by atomic mass is 9.98. The zero-order valence-corrected chi connectivity index (χ0v) is 15.5. The monoisotopic (exact) mass is 378 g/mol. The standard InChI is InChI=1S/C22H19ClN2O2/c23-21-6-2-1-5-18(21)15-27-19-8-7-17-9-11-25(22(26)20(17)12-19)14-16-4-3-10-24-13-16/h1-8,10,12-13H,9,11,14-15H2. The molecule has 27 heavy (non-hydrogen) atoms. The van der Waals surface area contributed by atoms with E-state index in [0.29, 0.717) is 36.0 Å². The summed E-state index contributed by atoms with van der Waals surface area (Å²) in [6, 6.07) is 17.2. The fraction of sp³-hybridized carbons (Fsp3) is 0.182. The average molecular weight is 379 g/mol. The number of pyridine rings is 1. The summed E-state index contributed by atoms with van der Waals surface area (Å²) >= 11 is 6.18. The number of hydrogen-bond donors (Lipinski definition) is 0. The van der Waals surface area contributed by atoms with Crippen molar-refractivity contribution in [3.8, 4) is 5.75 Å². The van der Waals surface area contributed by atoms with E-state index in [1.807, 2.05) is 59.5 Å². The Labute approximate surface area is 163 Å². The van der Waals surface area contributed by atoms with Gasteiger partial charge in [0.05, 0.1) is 0 Å². The minimum absolute atomic E-state index is 0.0308. The minimum atomic E-state index is 0.0308. The number of amides is 1. The van der Waals surface area contributed by atoms with Crippen molar-refractivity contribution in [2.24, 2.45) is 0 Å². The zero-order valence-electron chi connectivity index (χ0n) is 14.8. The molecule has 4 nitrogen and oxygen atoms in total. The molecular formula is C22H19ClN2O2. The van der Waals surface area contributed by atoms with Crippen LogP contribution in [0, 0.1) is 0 Å². The second-order valence-corrected chi connectivity index (χ2v) is 6.94. The molecule has 2 aromatic carbocycles. The van der Waals surface area contributed by atoms with Crippen LogP contribution in [0.4, 0.5) is 0 Å². The van der Waals surface area contributed by atoms with Crippen LogP contribution in [-0.4, -0.2) is 22.3 Å². The summed E-state index contributed by atoms with van der Waals surface area (Å²) in [4.78, 5) is 18.9. The molecule has 2 heterocycles. The Bertz CT molecular complexity index is 960. The molecule has 136 valence electrons. The molecule has 1 aliphatic heterocycles. The van der Waals surface area contributed by atoms with Gasteiger partial charge in [-0.1, -0.05) is 41.9 Å². The van der Waals surface area contributed by atoms with Crippen molar-refractivity contribution in [3.63, 3.8) is 0 Å². The maximum Gasteiger partial charge on any atom is 0.254 e. The Morgan fingerprint density at radius 2 is 2.00 bits per heavy atom. The van der Waals surface area contributed by atoms with Gasteiger partial charge in [-0.2, -0.15) is 0 Å². The zero-order chi connectivity index (χ0) is 18.6. The van der Waals surface area contributed by atoms with Crippen LogP contribution in [0.2, 0.25) is 5.02 Å². The van der Waals surface area contributed by atoms with Crippen LogP contribution >= 0.6 is 11.6 Å². The van der Waals surface area contributed by atoms with Crippen molar-refractivity contribution < 1.29 is 9.53 Å². The quantitative estimate of drug-likeness (QED) is 0.655. The molecule has 0 fully saturated rings. The molecular weight excluding hydrogens is 360 g/mol. The highest BCUT2D eigenvalue weighted by atomic mass is 35.5. The van der Waals surface area contributed by atoms with Gasteiger partial charge < -0.3 is 9.64 Å². The second kappa shape index (κ2) is 7.80. The number of nitrogens with zero attached hydrogens (tertiary/aromatic N) is 2. The summed E-state index contributed by atoms with van der Waals surface area (Å²) in [7, 11) is 0. The van der Waals surface area contributed by atoms with Crippen LogP contribution in [0.5, 0.6) is 5.75 Å². The number of ether oxygens (including phenoxy) is 1. The molecule has 0 unspecified atom stereocenters. The van der Waals surface area contributed by atoms with Crippen LogP contribution in [0.25, 0.3) is 0 Å². The number of benzene rings is 2. The minimum Gasteiger partial charge on any atom is -0.489 e. The first-order valence-corrected chi connectivity index (χ1v) is 9.26. The Kier molecular flexibility index (Phi) is 5.07. The highest BCUT2D eigenvalue weighted by molar-refractivity contribution is 6.31. The SMILES string of the molecule is O=C1c2cc(OCc3ccccc3Cl)ccc2CCN1Cc1cccnc1. The molecule has 0 saturated heterocycles. The van der Waals surface area contributed by atoms with E-state index in [1.54, 1.807) is 12.4 Å². The highest BCUT2D eigenvalue weighted by Gasteiger charge is 2.25. The lowest BCUT2D eigenvalue weighted by Gasteiger charge is -2.29. The summed E-state index contributed by atoms with van der Waals surface area (Å²) in [6.45, 7) is 1.64. The highest BCUT2D eigenvalue weighted by Crippen LogP contribution is 2.26. The van der Waals surface area contributed by atoms with Gasteiger partial charge in [-0.25, -0.2) is 0 Å². The molecule has 4 rings (SSSR count). The van der Waals surface area contributed by atoms with Gasteiger partial charge in [-0.05, 0) is 41.8 Å². The molecule has 0 spiro atoms. The number of rotatable bonds is 5. The molecule has 5 heteroatoms. The summed E-state index contributed by atoms with van der Waals surface area (Å²) in [6.07, 6.45) is 4.37. The van der Waals surface area contributed by atoms with Crippen molar-refractivity contribution in [1.29, 1.82) is 0 Å². The van der Waals surface area contributed by atoms with Gasteiger partial charge in [0.25, 0.3) is 5.91 Å². The second-order valence-electron chi connectivity index (χ2n) is 6.54. The van der Waals surface area contributed by atoms with E-state index in [4.69, 9.17) is 16.3 Å². The Morgan fingerprint density at radius 3 is 2.81 bits per heavy atom. The summed E-state index contributed by atoms with van der Waals surface area (Å²) in [5.41, 5.74) is 3.72. The molecule has 1 aliphatic rings. The van der Waals surface area contributed by atoms with Crippen molar-refractivity contribution in [2.75, 3.05) is 6.54 Å². The Balaban J connectivity index is 1.49. The van der Waals surface area contributed by atoms with Crippen LogP contribution in [-0.2, 0) is 19.6 Å². The van der Waals surface area contributed by atoms with Crippen LogP contribution in [0.3, 0.4) is 0 Å². The molecule has 1 aromatic heterocycles. The molecule has 3 aromatic rings. The Hall–Kier alpha value is -2.85. The molecule has 0 N–H and O–H groups in total. The smallest absolute Gasteiger partial charge is 0.254 e. The third-order valence-electron chi connectivity index (χ3n) is 4.70.